The van der Waals surface area contributed by atoms with Crippen molar-refractivity contribution in [1.82, 2.24) is 48.5 Å². The first kappa shape index (κ1) is 40.6. The van der Waals surface area contributed by atoms with Crippen molar-refractivity contribution < 1.29 is 28.7 Å². The lowest BCUT2D eigenvalue weighted by atomic mass is 10.1. The van der Waals surface area contributed by atoms with Gasteiger partial charge >= 0.3 is 0 Å². The number of nitrogen functional groups attached to an aromatic ring is 1. The summed E-state index contributed by atoms with van der Waals surface area (Å²) in [5, 5.41) is 14.6. The van der Waals surface area contributed by atoms with Crippen LogP contribution in [0.1, 0.15) is 73.3 Å². The molecule has 0 radical (unpaired) electrons. The van der Waals surface area contributed by atoms with Gasteiger partial charge in [-0.05, 0) is 58.4 Å². The Bertz CT molecular complexity index is 2740. The summed E-state index contributed by atoms with van der Waals surface area (Å²) >= 11 is 0. The summed E-state index contributed by atoms with van der Waals surface area (Å²) in [6.45, 7) is 10.9. The zero-order chi connectivity index (χ0) is 43.1. The molecule has 5 aromatic heterocycles. The van der Waals surface area contributed by atoms with E-state index in [9.17, 15) is 19.2 Å². The molecule has 0 spiro atoms. The predicted octanol–water partition coefficient (Wildman–Crippen LogP) is 2.22. The van der Waals surface area contributed by atoms with Crippen LogP contribution in [0, 0.1) is 13.8 Å². The number of aryl methyl sites for hydroxylation is 4. The van der Waals surface area contributed by atoms with Gasteiger partial charge in [0.25, 0.3) is 11.8 Å². The van der Waals surface area contributed by atoms with Crippen LogP contribution in [0.4, 0.5) is 17.6 Å². The largest absolute Gasteiger partial charge is 0.490 e. The highest BCUT2D eigenvalue weighted by atomic mass is 16.5. The quantitative estimate of drug-likeness (QED) is 0.0877. The van der Waals surface area contributed by atoms with Crippen molar-refractivity contribution in [3.63, 3.8) is 0 Å². The van der Waals surface area contributed by atoms with Crippen LogP contribution >= 0.6 is 0 Å². The lowest BCUT2D eigenvalue weighted by Gasteiger charge is -2.26. The van der Waals surface area contributed by atoms with Crippen molar-refractivity contribution in [3.05, 3.63) is 76.5 Å². The molecule has 2 aliphatic rings. The average molecular weight is 834 g/mol. The Balaban J connectivity index is 1.13. The van der Waals surface area contributed by atoms with Gasteiger partial charge in [-0.3, -0.25) is 48.6 Å². The summed E-state index contributed by atoms with van der Waals surface area (Å²) in [4.78, 5) is 68.2. The third kappa shape index (κ3) is 7.87. The topological polar surface area (TPSA) is 276 Å². The Morgan fingerprint density at radius 3 is 2.26 bits per heavy atom. The number of amides is 4. The second kappa shape index (κ2) is 16.5. The lowest BCUT2D eigenvalue weighted by Crippen LogP contribution is -2.39. The molecule has 1 aromatic carbocycles. The SMILES string of the molecule is CCn1nc(C)cc1C(=O)Nc1nc2cc(C(N)=O)cc(OCCN3C[C@H]4C[C@@H]3CO4)c2n1C/C=C/Cn1c(NC(=O)c2c(N)c(C)nn2CC)nc2cc(C(N)=O)cnc21. The number of imidazole rings is 2. The summed E-state index contributed by atoms with van der Waals surface area (Å²) in [6.07, 6.45) is 6.23. The van der Waals surface area contributed by atoms with E-state index in [1.165, 1.54) is 16.9 Å². The fourth-order valence-corrected chi connectivity index (χ4v) is 7.91. The van der Waals surface area contributed by atoms with Gasteiger partial charge in [-0.1, -0.05) is 12.2 Å². The van der Waals surface area contributed by atoms with Gasteiger partial charge in [-0.25, -0.2) is 15.0 Å². The number of morpholine rings is 1. The summed E-state index contributed by atoms with van der Waals surface area (Å²) in [7, 11) is 0. The number of aromatic nitrogens is 9. The molecule has 8 rings (SSSR count). The van der Waals surface area contributed by atoms with Crippen LogP contribution in [0.3, 0.4) is 0 Å². The first-order valence-electron chi connectivity index (χ1n) is 20.0. The molecule has 2 fully saturated rings. The zero-order valence-electron chi connectivity index (χ0n) is 34.2. The van der Waals surface area contributed by atoms with E-state index in [-0.39, 0.29) is 53.6 Å². The number of fused-ring (bicyclic) bond motifs is 4. The number of ether oxygens (including phenoxy) is 2. The van der Waals surface area contributed by atoms with Gasteiger partial charge in [0.2, 0.25) is 23.7 Å². The van der Waals surface area contributed by atoms with Crippen molar-refractivity contribution in [2.24, 2.45) is 11.5 Å². The zero-order valence-corrected chi connectivity index (χ0v) is 34.2. The maximum absolute atomic E-state index is 13.8. The Morgan fingerprint density at radius 2 is 1.57 bits per heavy atom. The van der Waals surface area contributed by atoms with E-state index in [4.69, 9.17) is 31.7 Å². The number of rotatable bonds is 16. The molecule has 4 amide bonds. The number of benzene rings is 1. The number of allylic oxidation sites excluding steroid dienone is 2. The third-order valence-corrected chi connectivity index (χ3v) is 10.9. The number of carbonyl (C=O) groups excluding carboxylic acids is 4. The van der Waals surface area contributed by atoms with Crippen molar-refractivity contribution in [1.29, 1.82) is 0 Å². The van der Waals surface area contributed by atoms with E-state index < -0.39 is 23.6 Å². The first-order valence-corrected chi connectivity index (χ1v) is 20.0. The van der Waals surface area contributed by atoms with Crippen LogP contribution in [0.5, 0.6) is 5.75 Å². The Hall–Kier alpha value is -7.13. The third-order valence-electron chi connectivity index (χ3n) is 10.9. The van der Waals surface area contributed by atoms with Gasteiger partial charge in [0, 0.05) is 57.1 Å². The molecule has 21 heteroatoms. The Labute approximate surface area is 348 Å². The van der Waals surface area contributed by atoms with Gasteiger partial charge in [-0.15, -0.1) is 0 Å². The molecular formula is C40H47N15O6. The molecule has 21 nitrogen and oxygen atoms in total. The van der Waals surface area contributed by atoms with Crippen LogP contribution < -0.4 is 32.6 Å². The number of anilines is 3. The number of carbonyl (C=O) groups is 4. The van der Waals surface area contributed by atoms with Crippen molar-refractivity contribution >= 4 is 63.4 Å². The van der Waals surface area contributed by atoms with Crippen LogP contribution in [0.15, 0.2) is 42.6 Å². The number of nitrogens with one attached hydrogen (secondary N) is 2. The van der Waals surface area contributed by atoms with E-state index >= 15 is 0 Å². The molecule has 2 aliphatic heterocycles. The number of hydrogen-bond donors (Lipinski definition) is 5. The fraction of sp³-hybridized carbons (Fsp3) is 0.375. The molecule has 6 aromatic rings. The number of hydrogen-bond acceptors (Lipinski definition) is 13. The van der Waals surface area contributed by atoms with Crippen molar-refractivity contribution in [3.8, 4) is 5.75 Å². The standard InChI is InChI=1S/C40H47N15O6/c1-5-54-29(13-21(3)49-54)37(58)47-39-45-27-14-23(34(42)56)16-30(60-12-11-51-19-26-17-25(51)20-61-26)32(27)52(39)9-7-8-10-53-36-28(15-24(18-44-36)35(43)57)46-40(53)48-38(59)33-31(41)22(4)50-55(33)6-2/h7-8,13-16,18,25-26H,5-6,9-12,17,19-20,41H2,1-4H3,(H2,42,56)(H2,43,57)(H,45,47,58)(H,46,48,59)/b8-7+/t25-,26-/m1/s1. The highest BCUT2D eigenvalue weighted by Gasteiger charge is 2.38. The van der Waals surface area contributed by atoms with Crippen LogP contribution in [-0.4, -0.2) is 111 Å². The van der Waals surface area contributed by atoms with E-state index in [0.717, 1.165) is 13.0 Å². The van der Waals surface area contributed by atoms with Crippen LogP contribution in [-0.2, 0) is 30.9 Å². The molecule has 318 valence electrons. The molecule has 8 N–H and O–H groups in total. The summed E-state index contributed by atoms with van der Waals surface area (Å²) in [5.41, 5.74) is 21.5. The molecule has 0 saturated carbocycles. The minimum Gasteiger partial charge on any atom is -0.490 e. The van der Waals surface area contributed by atoms with E-state index in [1.807, 2.05) is 26.0 Å². The van der Waals surface area contributed by atoms with E-state index in [1.54, 1.807) is 45.9 Å². The fourth-order valence-electron chi connectivity index (χ4n) is 7.91. The Kier molecular flexibility index (Phi) is 11.0. The highest BCUT2D eigenvalue weighted by Crippen LogP contribution is 2.33. The minimum atomic E-state index is -0.682. The second-order valence-corrected chi connectivity index (χ2v) is 14.9. The maximum atomic E-state index is 13.8. The normalized spacial score (nSPS) is 16.3. The number of primary amides is 2. The van der Waals surface area contributed by atoms with Crippen LogP contribution in [0.2, 0.25) is 0 Å². The summed E-state index contributed by atoms with van der Waals surface area (Å²) in [5.74, 6) is -1.62. The molecular weight excluding hydrogens is 787 g/mol. The monoisotopic (exact) mass is 833 g/mol. The van der Waals surface area contributed by atoms with Gasteiger partial charge in [0.1, 0.15) is 34.8 Å². The number of likely N-dealkylation sites (tertiary alicyclic amines) is 1. The maximum Gasteiger partial charge on any atom is 0.278 e. The summed E-state index contributed by atoms with van der Waals surface area (Å²) < 4.78 is 18.7. The molecule has 2 bridgehead atoms. The van der Waals surface area contributed by atoms with Crippen molar-refractivity contribution in [2.75, 3.05) is 42.7 Å². The van der Waals surface area contributed by atoms with E-state index in [2.05, 4.69) is 35.7 Å². The average Bonchev–Trinajstić information content (AvgIpc) is 4.10. The van der Waals surface area contributed by atoms with E-state index in [0.29, 0.717) is 83.9 Å². The molecule has 7 heterocycles. The molecule has 0 unspecified atom stereocenters. The molecule has 0 aliphatic carbocycles. The number of pyridine rings is 1. The minimum absolute atomic E-state index is 0.135. The second-order valence-electron chi connectivity index (χ2n) is 14.9. The van der Waals surface area contributed by atoms with Gasteiger partial charge < -0.3 is 31.2 Å². The molecule has 2 saturated heterocycles. The Morgan fingerprint density at radius 1 is 0.885 bits per heavy atom. The first-order chi connectivity index (χ1) is 29.3. The van der Waals surface area contributed by atoms with Crippen molar-refractivity contribution in [2.45, 2.75) is 72.4 Å². The van der Waals surface area contributed by atoms with Gasteiger partial charge in [0.15, 0.2) is 5.65 Å². The smallest absolute Gasteiger partial charge is 0.278 e. The van der Waals surface area contributed by atoms with Gasteiger partial charge in [0.05, 0.1) is 40.9 Å². The van der Waals surface area contributed by atoms with Crippen LogP contribution in [0.25, 0.3) is 22.2 Å². The van der Waals surface area contributed by atoms with Gasteiger partial charge in [-0.2, -0.15) is 10.2 Å². The lowest BCUT2D eigenvalue weighted by molar-refractivity contribution is 0.0258. The summed E-state index contributed by atoms with van der Waals surface area (Å²) in [6, 6.07) is 6.68. The predicted molar refractivity (Wildman–Crippen MR) is 224 cm³/mol. The molecule has 2 atom stereocenters. The number of nitrogens with zero attached hydrogens (tertiary/aromatic N) is 10. The number of nitrogens with two attached hydrogens (primary N) is 3. The molecule has 61 heavy (non-hydrogen) atoms. The highest BCUT2D eigenvalue weighted by molar-refractivity contribution is 6.07.